The van der Waals surface area contributed by atoms with E-state index >= 15 is 0 Å². The maximum atomic E-state index is 12.2. The summed E-state index contributed by atoms with van der Waals surface area (Å²) >= 11 is 12.2. The van der Waals surface area contributed by atoms with Crippen molar-refractivity contribution in [3.05, 3.63) is 68.2 Å². The minimum absolute atomic E-state index is 0.0486. The number of anilines is 2. The van der Waals surface area contributed by atoms with Gasteiger partial charge in [-0.15, -0.1) is 0 Å². The molecule has 2 aromatic rings. The molecule has 30 heavy (non-hydrogen) atoms. The number of carbonyl (C=O) groups excluding carboxylic acids is 1. The number of nitrogens with zero attached hydrogens (tertiary/aromatic N) is 3. The van der Waals surface area contributed by atoms with E-state index in [2.05, 4.69) is 22.0 Å². The molecule has 0 atom stereocenters. The molecule has 0 unspecified atom stereocenters. The molecule has 2 aromatic carbocycles. The Labute approximate surface area is 185 Å². The summed E-state index contributed by atoms with van der Waals surface area (Å²) in [7, 11) is 0. The van der Waals surface area contributed by atoms with Gasteiger partial charge < -0.3 is 15.1 Å². The highest BCUT2D eigenvalue weighted by atomic mass is 35.5. The van der Waals surface area contributed by atoms with Crippen LogP contribution in [0.2, 0.25) is 10.0 Å². The minimum atomic E-state index is -0.564. The van der Waals surface area contributed by atoms with Crippen molar-refractivity contribution < 1.29 is 9.72 Å². The predicted molar refractivity (Wildman–Crippen MR) is 122 cm³/mol. The molecule has 9 heteroatoms. The van der Waals surface area contributed by atoms with E-state index in [0.717, 1.165) is 38.4 Å². The van der Waals surface area contributed by atoms with Gasteiger partial charge in [0.15, 0.2) is 0 Å². The fourth-order valence-electron chi connectivity index (χ4n) is 3.28. The first kappa shape index (κ1) is 22.1. The summed E-state index contributed by atoms with van der Waals surface area (Å²) in [5.74, 6) is -0.368. The van der Waals surface area contributed by atoms with Gasteiger partial charge in [-0.2, -0.15) is 0 Å². The second-order valence-corrected chi connectivity index (χ2v) is 7.69. The lowest BCUT2D eigenvalue weighted by Crippen LogP contribution is -2.46. The zero-order valence-electron chi connectivity index (χ0n) is 16.5. The maximum Gasteiger partial charge on any atom is 0.288 e. The topological polar surface area (TPSA) is 78.7 Å². The van der Waals surface area contributed by atoms with Crippen molar-refractivity contribution in [2.75, 3.05) is 42.9 Å². The van der Waals surface area contributed by atoms with Crippen molar-refractivity contribution in [2.24, 2.45) is 0 Å². The fourth-order valence-corrected chi connectivity index (χ4v) is 3.76. The summed E-state index contributed by atoms with van der Waals surface area (Å²) < 4.78 is 0. The van der Waals surface area contributed by atoms with Gasteiger partial charge in [-0.25, -0.2) is 0 Å². The number of rotatable bonds is 6. The lowest BCUT2D eigenvalue weighted by atomic mass is 10.2. The van der Waals surface area contributed by atoms with Gasteiger partial charge in [-0.05, 0) is 42.4 Å². The molecule has 158 valence electrons. The molecule has 1 saturated heterocycles. The van der Waals surface area contributed by atoms with E-state index in [1.807, 2.05) is 12.1 Å². The summed E-state index contributed by atoms with van der Waals surface area (Å²) in [6, 6.07) is 9.79. The number of nitro benzene ring substituents is 1. The second kappa shape index (κ2) is 9.93. The van der Waals surface area contributed by atoms with Gasteiger partial charge in [-0.3, -0.25) is 14.9 Å². The van der Waals surface area contributed by atoms with Crippen molar-refractivity contribution in [3.8, 4) is 0 Å². The molecule has 1 N–H and O–H groups in total. The second-order valence-electron chi connectivity index (χ2n) is 6.88. The van der Waals surface area contributed by atoms with Gasteiger partial charge >= 0.3 is 0 Å². The molecule has 3 rings (SSSR count). The van der Waals surface area contributed by atoms with Crippen LogP contribution in [-0.2, 0) is 4.79 Å². The van der Waals surface area contributed by atoms with E-state index in [9.17, 15) is 14.9 Å². The highest BCUT2D eigenvalue weighted by molar-refractivity contribution is 6.33. The highest BCUT2D eigenvalue weighted by Crippen LogP contribution is 2.30. The smallest absolute Gasteiger partial charge is 0.288 e. The molecule has 0 radical (unpaired) electrons. The van der Waals surface area contributed by atoms with Gasteiger partial charge in [0.2, 0.25) is 5.91 Å². The SMILES string of the molecule is CCN1CCN(c2ccc(NC(=O)/C=C/c3ccc(Cl)c([N+](=O)[O-])c3)cc2Cl)CC1. The molecule has 1 aliphatic rings. The quantitative estimate of drug-likeness (QED) is 0.393. The Balaban J connectivity index is 1.63. The van der Waals surface area contributed by atoms with Crippen molar-refractivity contribution >= 4 is 52.2 Å². The average Bonchev–Trinajstić information content (AvgIpc) is 2.73. The number of hydrogen-bond acceptors (Lipinski definition) is 5. The first-order chi connectivity index (χ1) is 14.4. The third-order valence-electron chi connectivity index (χ3n) is 4.97. The summed E-state index contributed by atoms with van der Waals surface area (Å²) in [6.07, 6.45) is 2.79. The van der Waals surface area contributed by atoms with Crippen LogP contribution in [0.1, 0.15) is 12.5 Å². The fraction of sp³-hybridized carbons (Fsp3) is 0.286. The van der Waals surface area contributed by atoms with Crippen LogP contribution in [0.5, 0.6) is 0 Å². The van der Waals surface area contributed by atoms with Gasteiger partial charge in [0, 0.05) is 44.0 Å². The van der Waals surface area contributed by atoms with Crippen LogP contribution in [-0.4, -0.2) is 48.5 Å². The standard InChI is InChI=1S/C21H22Cl2N4O3/c1-2-25-9-11-26(12-10-25)19-7-5-16(14-18(19)23)24-21(28)8-4-15-3-6-17(22)20(13-15)27(29)30/h3-8,13-14H,2,9-12H2,1H3,(H,24,28)/b8-4+. The number of likely N-dealkylation sites (N-methyl/N-ethyl adjacent to an activating group) is 1. The first-order valence-corrected chi connectivity index (χ1v) is 10.3. The number of amides is 1. The number of nitro groups is 1. The Bertz CT molecular complexity index is 973. The Hall–Kier alpha value is -2.61. The molecule has 1 heterocycles. The van der Waals surface area contributed by atoms with Crippen LogP contribution in [0.3, 0.4) is 0 Å². The van der Waals surface area contributed by atoms with E-state index in [-0.39, 0.29) is 16.6 Å². The number of hydrogen-bond donors (Lipinski definition) is 1. The Morgan fingerprint density at radius 2 is 1.87 bits per heavy atom. The number of nitrogens with one attached hydrogen (secondary N) is 1. The van der Waals surface area contributed by atoms with Gasteiger partial charge in [-0.1, -0.05) is 36.2 Å². The van der Waals surface area contributed by atoms with Crippen molar-refractivity contribution in [3.63, 3.8) is 0 Å². The monoisotopic (exact) mass is 448 g/mol. The Morgan fingerprint density at radius 1 is 1.13 bits per heavy atom. The van der Waals surface area contributed by atoms with Crippen LogP contribution >= 0.6 is 23.2 Å². The predicted octanol–water partition coefficient (Wildman–Crippen LogP) is 4.70. The van der Waals surface area contributed by atoms with Crippen LogP contribution in [0, 0.1) is 10.1 Å². The number of benzene rings is 2. The van der Waals surface area contributed by atoms with Crippen molar-refractivity contribution in [2.45, 2.75) is 6.92 Å². The summed E-state index contributed by atoms with van der Waals surface area (Å²) in [5.41, 5.74) is 1.82. The molecular formula is C21H22Cl2N4O3. The molecule has 7 nitrogen and oxygen atoms in total. The molecule has 0 aliphatic carbocycles. The van der Waals surface area contributed by atoms with Crippen LogP contribution in [0.25, 0.3) is 6.08 Å². The number of halogens is 2. The van der Waals surface area contributed by atoms with Gasteiger partial charge in [0.25, 0.3) is 5.69 Å². The molecule has 1 aliphatic heterocycles. The highest BCUT2D eigenvalue weighted by Gasteiger charge is 2.18. The van der Waals surface area contributed by atoms with E-state index < -0.39 is 4.92 Å². The van der Waals surface area contributed by atoms with E-state index in [0.29, 0.717) is 16.3 Å². The molecular weight excluding hydrogens is 427 g/mol. The molecule has 1 fully saturated rings. The van der Waals surface area contributed by atoms with E-state index in [1.165, 1.54) is 24.3 Å². The van der Waals surface area contributed by atoms with E-state index in [1.54, 1.807) is 12.1 Å². The molecule has 1 amide bonds. The normalized spacial score (nSPS) is 14.8. The number of piperazine rings is 1. The molecule has 0 bridgehead atoms. The van der Waals surface area contributed by atoms with Gasteiger partial charge in [0.1, 0.15) is 5.02 Å². The van der Waals surface area contributed by atoms with E-state index in [4.69, 9.17) is 23.2 Å². The van der Waals surface area contributed by atoms with Crippen molar-refractivity contribution in [1.82, 2.24) is 4.90 Å². The van der Waals surface area contributed by atoms with Crippen molar-refractivity contribution in [1.29, 1.82) is 0 Å². The lowest BCUT2D eigenvalue weighted by Gasteiger charge is -2.36. The zero-order valence-corrected chi connectivity index (χ0v) is 18.0. The van der Waals surface area contributed by atoms with Crippen LogP contribution in [0.15, 0.2) is 42.5 Å². The first-order valence-electron chi connectivity index (χ1n) is 9.57. The van der Waals surface area contributed by atoms with Crippen LogP contribution < -0.4 is 10.2 Å². The third-order valence-corrected chi connectivity index (χ3v) is 5.59. The Morgan fingerprint density at radius 3 is 2.50 bits per heavy atom. The Kier molecular flexibility index (Phi) is 7.31. The largest absolute Gasteiger partial charge is 0.368 e. The third kappa shape index (κ3) is 5.50. The molecule has 0 aromatic heterocycles. The molecule has 0 saturated carbocycles. The molecule has 0 spiro atoms. The lowest BCUT2D eigenvalue weighted by molar-refractivity contribution is -0.384. The maximum absolute atomic E-state index is 12.2. The summed E-state index contributed by atoms with van der Waals surface area (Å²) in [5, 5.41) is 14.3. The van der Waals surface area contributed by atoms with Crippen LogP contribution in [0.4, 0.5) is 17.1 Å². The number of carbonyl (C=O) groups is 1. The minimum Gasteiger partial charge on any atom is -0.368 e. The van der Waals surface area contributed by atoms with Gasteiger partial charge in [0.05, 0.1) is 15.6 Å². The zero-order chi connectivity index (χ0) is 21.7. The summed E-state index contributed by atoms with van der Waals surface area (Å²) in [6.45, 7) is 7.02. The summed E-state index contributed by atoms with van der Waals surface area (Å²) in [4.78, 5) is 27.2. The average molecular weight is 449 g/mol.